The number of hydrogen-bond acceptors (Lipinski definition) is 4. The van der Waals surface area contributed by atoms with Crippen molar-refractivity contribution in [2.24, 2.45) is 11.8 Å². The molecule has 1 unspecified atom stereocenters. The van der Waals surface area contributed by atoms with Crippen LogP contribution in [0.4, 0.5) is 0 Å². The summed E-state index contributed by atoms with van der Waals surface area (Å²) >= 11 is 0. The van der Waals surface area contributed by atoms with Gasteiger partial charge in [-0.25, -0.2) is 13.1 Å². The van der Waals surface area contributed by atoms with Gasteiger partial charge in [0, 0.05) is 16.8 Å². The lowest BCUT2D eigenvalue weighted by molar-refractivity contribution is -0.142. The van der Waals surface area contributed by atoms with E-state index in [-0.39, 0.29) is 10.8 Å². The molecule has 144 valence electrons. The van der Waals surface area contributed by atoms with Crippen LogP contribution in [0.1, 0.15) is 27.2 Å². The van der Waals surface area contributed by atoms with E-state index < -0.39 is 28.0 Å². The van der Waals surface area contributed by atoms with Crippen LogP contribution in [-0.2, 0) is 14.8 Å². The Hall–Kier alpha value is -2.38. The molecule has 0 aliphatic rings. The van der Waals surface area contributed by atoms with Gasteiger partial charge in [0.25, 0.3) is 0 Å². The monoisotopic (exact) mass is 389 g/mol. The van der Waals surface area contributed by atoms with Crippen molar-refractivity contribution in [2.45, 2.75) is 38.1 Å². The van der Waals surface area contributed by atoms with E-state index in [1.807, 2.05) is 38.1 Å². The highest BCUT2D eigenvalue weighted by Gasteiger charge is 2.29. The molecule has 0 fully saturated rings. The molecule has 2 N–H and O–H groups in total. The van der Waals surface area contributed by atoms with Gasteiger partial charge in [-0.1, -0.05) is 39.0 Å². The molecule has 27 heavy (non-hydrogen) atoms. The Morgan fingerprint density at radius 2 is 1.74 bits per heavy atom. The van der Waals surface area contributed by atoms with Crippen molar-refractivity contribution in [1.29, 1.82) is 0 Å². The average molecular weight is 389 g/mol. The van der Waals surface area contributed by atoms with E-state index in [4.69, 9.17) is 4.42 Å². The number of carbonyl (C=O) groups is 1. The molecule has 3 aromatic rings. The third-order valence-corrected chi connectivity index (χ3v) is 6.17. The first-order chi connectivity index (χ1) is 12.7. The summed E-state index contributed by atoms with van der Waals surface area (Å²) in [6.07, 6.45) is 0.434. The Kier molecular flexibility index (Phi) is 5.26. The molecule has 2 aromatic carbocycles. The topological polar surface area (TPSA) is 96.6 Å². The second kappa shape index (κ2) is 7.32. The summed E-state index contributed by atoms with van der Waals surface area (Å²) in [6.45, 7) is 5.38. The van der Waals surface area contributed by atoms with Crippen molar-refractivity contribution in [3.63, 3.8) is 0 Å². The van der Waals surface area contributed by atoms with E-state index in [9.17, 15) is 18.3 Å². The Bertz CT molecular complexity index is 1080. The lowest BCUT2D eigenvalue weighted by Gasteiger charge is -2.24. The van der Waals surface area contributed by atoms with Crippen molar-refractivity contribution in [3.8, 4) is 0 Å². The standard InChI is InChI=1S/C20H23NO5S/c1-12(2)10-17(13(3)20(22)23)21-27(24,25)14-8-9-19-16(11-14)15-6-4-5-7-18(15)26-19/h4-9,11-13,17,21H,10H2,1-3H3,(H,22,23)/t13-,17?/m0/s1. The zero-order valence-corrected chi connectivity index (χ0v) is 16.3. The molecule has 1 heterocycles. The molecule has 0 aliphatic carbocycles. The number of rotatable bonds is 7. The number of aliphatic carboxylic acids is 1. The summed E-state index contributed by atoms with van der Waals surface area (Å²) in [7, 11) is -3.88. The highest BCUT2D eigenvalue weighted by atomic mass is 32.2. The molecular formula is C20H23NO5S. The lowest BCUT2D eigenvalue weighted by atomic mass is 9.94. The van der Waals surface area contributed by atoms with E-state index in [2.05, 4.69) is 4.72 Å². The molecule has 0 spiro atoms. The minimum absolute atomic E-state index is 0.0906. The van der Waals surface area contributed by atoms with Crippen molar-refractivity contribution < 1.29 is 22.7 Å². The van der Waals surface area contributed by atoms with Gasteiger partial charge in [-0.05, 0) is 36.6 Å². The molecule has 1 aromatic heterocycles. The van der Waals surface area contributed by atoms with Crippen LogP contribution in [0.25, 0.3) is 21.9 Å². The van der Waals surface area contributed by atoms with Gasteiger partial charge >= 0.3 is 5.97 Å². The van der Waals surface area contributed by atoms with Gasteiger partial charge in [-0.15, -0.1) is 0 Å². The van der Waals surface area contributed by atoms with Crippen LogP contribution in [0.5, 0.6) is 0 Å². The Morgan fingerprint density at radius 3 is 2.41 bits per heavy atom. The maximum atomic E-state index is 12.9. The average Bonchev–Trinajstić information content (AvgIpc) is 2.97. The third kappa shape index (κ3) is 3.99. The van der Waals surface area contributed by atoms with Crippen LogP contribution in [0.3, 0.4) is 0 Å². The molecule has 0 bridgehead atoms. The summed E-state index contributed by atoms with van der Waals surface area (Å²) in [4.78, 5) is 11.5. The van der Waals surface area contributed by atoms with Crippen molar-refractivity contribution in [1.82, 2.24) is 4.72 Å². The highest BCUT2D eigenvalue weighted by Crippen LogP contribution is 2.30. The molecule has 6 nitrogen and oxygen atoms in total. The van der Waals surface area contributed by atoms with Crippen molar-refractivity contribution in [3.05, 3.63) is 42.5 Å². The maximum Gasteiger partial charge on any atom is 0.307 e. The molecule has 0 radical (unpaired) electrons. The van der Waals surface area contributed by atoms with Gasteiger partial charge < -0.3 is 9.52 Å². The normalized spacial score (nSPS) is 14.7. The van der Waals surface area contributed by atoms with Crippen LogP contribution in [0.15, 0.2) is 51.8 Å². The van der Waals surface area contributed by atoms with Gasteiger partial charge in [-0.2, -0.15) is 0 Å². The predicted octanol–water partition coefficient (Wildman–Crippen LogP) is 4.00. The molecule has 0 saturated heterocycles. The fourth-order valence-electron chi connectivity index (χ4n) is 3.17. The molecule has 0 amide bonds. The number of carboxylic acids is 1. The number of fused-ring (bicyclic) bond motifs is 3. The summed E-state index contributed by atoms with van der Waals surface area (Å²) in [5.41, 5.74) is 1.29. The molecule has 0 aliphatic heterocycles. The summed E-state index contributed by atoms with van der Waals surface area (Å²) in [5.74, 6) is -1.71. The van der Waals surface area contributed by atoms with E-state index in [0.717, 1.165) is 5.39 Å². The molecule has 2 atom stereocenters. The van der Waals surface area contributed by atoms with Crippen LogP contribution in [0, 0.1) is 11.8 Å². The van der Waals surface area contributed by atoms with Crippen LogP contribution >= 0.6 is 0 Å². The number of furan rings is 1. The number of para-hydroxylation sites is 1. The molecular weight excluding hydrogens is 366 g/mol. The van der Waals surface area contributed by atoms with Crippen molar-refractivity contribution >= 4 is 37.9 Å². The summed E-state index contributed by atoms with van der Waals surface area (Å²) < 4.78 is 34.2. The zero-order chi connectivity index (χ0) is 19.8. The number of benzene rings is 2. The second-order valence-electron chi connectivity index (χ2n) is 7.24. The quantitative estimate of drug-likeness (QED) is 0.637. The fraction of sp³-hybridized carbons (Fsp3) is 0.350. The number of nitrogens with one attached hydrogen (secondary N) is 1. The Labute approximate surface area is 158 Å². The minimum atomic E-state index is -3.88. The smallest absolute Gasteiger partial charge is 0.307 e. The first kappa shape index (κ1) is 19.4. The van der Waals surface area contributed by atoms with Gasteiger partial charge in [0.15, 0.2) is 0 Å². The third-order valence-electron chi connectivity index (χ3n) is 4.68. The molecule has 7 heteroatoms. The second-order valence-corrected chi connectivity index (χ2v) is 8.95. The first-order valence-corrected chi connectivity index (χ1v) is 10.3. The lowest BCUT2D eigenvalue weighted by Crippen LogP contribution is -2.43. The van der Waals surface area contributed by atoms with Crippen LogP contribution in [-0.4, -0.2) is 25.5 Å². The fourth-order valence-corrected chi connectivity index (χ4v) is 4.53. The van der Waals surface area contributed by atoms with Crippen LogP contribution < -0.4 is 4.72 Å². The molecule has 3 rings (SSSR count). The molecule has 0 saturated carbocycles. The van der Waals surface area contributed by atoms with Crippen LogP contribution in [0.2, 0.25) is 0 Å². The van der Waals surface area contributed by atoms with Gasteiger partial charge in [0.05, 0.1) is 10.8 Å². The minimum Gasteiger partial charge on any atom is -0.481 e. The van der Waals surface area contributed by atoms with E-state index in [1.165, 1.54) is 13.0 Å². The van der Waals surface area contributed by atoms with E-state index >= 15 is 0 Å². The first-order valence-electron chi connectivity index (χ1n) is 8.85. The Morgan fingerprint density at radius 1 is 1.07 bits per heavy atom. The zero-order valence-electron chi connectivity index (χ0n) is 15.5. The maximum absolute atomic E-state index is 12.9. The summed E-state index contributed by atoms with van der Waals surface area (Å²) in [5, 5.41) is 10.9. The Balaban J connectivity index is 1.99. The van der Waals surface area contributed by atoms with Crippen molar-refractivity contribution in [2.75, 3.05) is 0 Å². The number of sulfonamides is 1. The predicted molar refractivity (Wildman–Crippen MR) is 104 cm³/mol. The number of hydrogen-bond donors (Lipinski definition) is 2. The van der Waals surface area contributed by atoms with E-state index in [1.54, 1.807) is 12.1 Å². The number of carboxylic acid groups (broad SMARTS) is 1. The SMILES string of the molecule is CC(C)CC(NS(=O)(=O)c1ccc2oc3ccccc3c2c1)[C@H](C)C(=O)O. The highest BCUT2D eigenvalue weighted by molar-refractivity contribution is 7.89. The summed E-state index contributed by atoms with van der Waals surface area (Å²) in [6, 6.07) is 11.4. The van der Waals surface area contributed by atoms with Gasteiger partial charge in [0.2, 0.25) is 10.0 Å². The van der Waals surface area contributed by atoms with Gasteiger partial charge in [0.1, 0.15) is 11.2 Å². The van der Waals surface area contributed by atoms with E-state index in [0.29, 0.717) is 23.0 Å². The van der Waals surface area contributed by atoms with Gasteiger partial charge in [-0.3, -0.25) is 4.79 Å². The largest absolute Gasteiger partial charge is 0.481 e.